The number of rotatable bonds is 4. The Morgan fingerprint density at radius 3 is 2.90 bits per heavy atom. The highest BCUT2D eigenvalue weighted by Gasteiger charge is 2.18. The molecule has 0 saturated carbocycles. The molecule has 3 aromatic rings. The van der Waals surface area contributed by atoms with E-state index in [2.05, 4.69) is 15.2 Å². The second-order valence-corrected chi connectivity index (χ2v) is 5.08. The number of aromatic amines is 1. The maximum atomic E-state index is 11.0. The van der Waals surface area contributed by atoms with Gasteiger partial charge in [0, 0.05) is 11.6 Å². The molecule has 0 atom stereocenters. The zero-order chi connectivity index (χ0) is 14.8. The quantitative estimate of drug-likeness (QED) is 0.590. The maximum Gasteiger partial charge on any atom is 0.311 e. The van der Waals surface area contributed by atoms with Crippen LogP contribution in [0.15, 0.2) is 35.7 Å². The lowest BCUT2D eigenvalue weighted by Crippen LogP contribution is -1.94. The van der Waals surface area contributed by atoms with Gasteiger partial charge in [-0.1, -0.05) is 6.07 Å². The van der Waals surface area contributed by atoms with Crippen LogP contribution >= 0.6 is 11.3 Å². The number of nitro groups is 1. The van der Waals surface area contributed by atoms with Crippen LogP contribution in [0.25, 0.3) is 22.1 Å². The number of nitrogens with zero attached hydrogens (tertiary/aromatic N) is 3. The van der Waals surface area contributed by atoms with Crippen molar-refractivity contribution < 1.29 is 9.66 Å². The van der Waals surface area contributed by atoms with Crippen LogP contribution in [-0.4, -0.2) is 27.2 Å². The number of nitrogens with one attached hydrogen (secondary N) is 1. The summed E-state index contributed by atoms with van der Waals surface area (Å²) in [5.41, 5.74) is 0.444. The van der Waals surface area contributed by atoms with Crippen molar-refractivity contribution in [2.75, 3.05) is 7.11 Å². The summed E-state index contributed by atoms with van der Waals surface area (Å²) in [6, 6.07) is 8.47. The number of ether oxygens (including phenoxy) is 1. The van der Waals surface area contributed by atoms with E-state index in [-0.39, 0.29) is 11.4 Å². The number of benzene rings is 1. The Bertz CT molecular complexity index is 783. The van der Waals surface area contributed by atoms with Crippen LogP contribution in [0.2, 0.25) is 0 Å². The lowest BCUT2D eigenvalue weighted by Gasteiger charge is -2.02. The lowest BCUT2D eigenvalue weighted by atomic mass is 10.2. The van der Waals surface area contributed by atoms with Crippen LogP contribution in [0.4, 0.5) is 5.69 Å². The molecule has 0 aliphatic rings. The molecule has 3 rings (SSSR count). The Labute approximate surface area is 123 Å². The van der Waals surface area contributed by atoms with Crippen molar-refractivity contribution in [1.82, 2.24) is 15.2 Å². The summed E-state index contributed by atoms with van der Waals surface area (Å²) in [5, 5.41) is 19.9. The standard InChI is InChI=1S/C13H10N4O3S/c1-20-10-5-4-8(7-9(10)17(18)19)12-14-13(16-15-12)11-3-2-6-21-11/h2-7H,1H3,(H,14,15,16). The largest absolute Gasteiger partial charge is 0.490 e. The Morgan fingerprint density at radius 1 is 1.38 bits per heavy atom. The van der Waals surface area contributed by atoms with Crippen molar-refractivity contribution in [3.63, 3.8) is 0 Å². The van der Waals surface area contributed by atoms with Gasteiger partial charge in [0.15, 0.2) is 17.4 Å². The molecular weight excluding hydrogens is 292 g/mol. The minimum absolute atomic E-state index is 0.113. The topological polar surface area (TPSA) is 93.9 Å². The van der Waals surface area contributed by atoms with E-state index in [4.69, 9.17) is 4.74 Å². The predicted molar refractivity (Wildman–Crippen MR) is 78.3 cm³/mol. The summed E-state index contributed by atoms with van der Waals surface area (Å²) in [6.45, 7) is 0. The third-order valence-electron chi connectivity index (χ3n) is 2.87. The number of aromatic nitrogens is 3. The number of thiophene rings is 1. The van der Waals surface area contributed by atoms with Gasteiger partial charge in [-0.3, -0.25) is 15.2 Å². The molecule has 0 aliphatic carbocycles. The van der Waals surface area contributed by atoms with Gasteiger partial charge in [0.1, 0.15) is 0 Å². The number of nitro benzene ring substituents is 1. The second-order valence-electron chi connectivity index (χ2n) is 4.13. The van der Waals surface area contributed by atoms with Gasteiger partial charge in [-0.15, -0.1) is 11.3 Å². The van der Waals surface area contributed by atoms with Crippen molar-refractivity contribution in [2.45, 2.75) is 0 Å². The molecular formula is C13H10N4O3S. The first-order chi connectivity index (χ1) is 10.2. The molecule has 2 heterocycles. The fourth-order valence-corrected chi connectivity index (χ4v) is 2.55. The minimum Gasteiger partial charge on any atom is -0.490 e. The van der Waals surface area contributed by atoms with Crippen LogP contribution in [0.1, 0.15) is 0 Å². The first-order valence-corrected chi connectivity index (χ1v) is 6.86. The molecule has 0 fully saturated rings. The summed E-state index contributed by atoms with van der Waals surface area (Å²) in [7, 11) is 1.39. The van der Waals surface area contributed by atoms with Crippen molar-refractivity contribution in [1.29, 1.82) is 0 Å². The van der Waals surface area contributed by atoms with Crippen LogP contribution in [0.5, 0.6) is 5.75 Å². The van der Waals surface area contributed by atoms with Crippen molar-refractivity contribution in [3.8, 4) is 27.8 Å². The first-order valence-electron chi connectivity index (χ1n) is 5.98. The highest BCUT2D eigenvalue weighted by molar-refractivity contribution is 7.13. The normalized spacial score (nSPS) is 10.5. The van der Waals surface area contributed by atoms with E-state index in [0.29, 0.717) is 17.2 Å². The van der Waals surface area contributed by atoms with Gasteiger partial charge in [0.2, 0.25) is 0 Å². The first kappa shape index (κ1) is 13.3. The zero-order valence-electron chi connectivity index (χ0n) is 10.9. The Hall–Kier alpha value is -2.74. The predicted octanol–water partition coefficient (Wildman–Crippen LogP) is 3.12. The fraction of sp³-hybridized carbons (Fsp3) is 0.0769. The van der Waals surface area contributed by atoms with Crippen LogP contribution in [0, 0.1) is 10.1 Å². The average Bonchev–Trinajstić information content (AvgIpc) is 3.17. The third kappa shape index (κ3) is 2.48. The molecule has 2 aromatic heterocycles. The second kappa shape index (κ2) is 5.33. The van der Waals surface area contributed by atoms with Gasteiger partial charge in [-0.2, -0.15) is 5.10 Å². The van der Waals surface area contributed by atoms with E-state index in [1.807, 2.05) is 17.5 Å². The van der Waals surface area contributed by atoms with E-state index in [1.165, 1.54) is 30.6 Å². The van der Waals surface area contributed by atoms with Gasteiger partial charge in [0.05, 0.1) is 16.9 Å². The molecule has 0 radical (unpaired) electrons. The highest BCUT2D eigenvalue weighted by Crippen LogP contribution is 2.31. The Balaban J connectivity index is 2.01. The molecule has 0 aliphatic heterocycles. The van der Waals surface area contributed by atoms with Gasteiger partial charge in [-0.25, -0.2) is 4.98 Å². The van der Waals surface area contributed by atoms with Gasteiger partial charge in [0.25, 0.3) is 0 Å². The number of methoxy groups -OCH3 is 1. The molecule has 0 bridgehead atoms. The SMILES string of the molecule is COc1ccc(-c2n[nH]c(-c3cccs3)n2)cc1[N+](=O)[O-]. The molecule has 0 unspecified atom stereocenters. The Morgan fingerprint density at radius 2 is 2.24 bits per heavy atom. The van der Waals surface area contributed by atoms with Gasteiger partial charge < -0.3 is 4.74 Å². The third-order valence-corrected chi connectivity index (χ3v) is 3.75. The molecule has 0 amide bonds. The number of hydrogen-bond donors (Lipinski definition) is 1. The molecule has 7 nitrogen and oxygen atoms in total. The molecule has 0 saturated heterocycles. The van der Waals surface area contributed by atoms with Gasteiger partial charge in [-0.05, 0) is 23.6 Å². The summed E-state index contributed by atoms with van der Waals surface area (Å²) in [6.07, 6.45) is 0. The van der Waals surface area contributed by atoms with E-state index >= 15 is 0 Å². The highest BCUT2D eigenvalue weighted by atomic mass is 32.1. The Kier molecular flexibility index (Phi) is 3.36. The maximum absolute atomic E-state index is 11.0. The van der Waals surface area contributed by atoms with Crippen molar-refractivity contribution in [2.24, 2.45) is 0 Å². The van der Waals surface area contributed by atoms with Crippen molar-refractivity contribution >= 4 is 17.0 Å². The van der Waals surface area contributed by atoms with Gasteiger partial charge >= 0.3 is 5.69 Å². The lowest BCUT2D eigenvalue weighted by molar-refractivity contribution is -0.385. The van der Waals surface area contributed by atoms with E-state index in [0.717, 1.165) is 4.88 Å². The summed E-state index contributed by atoms with van der Waals surface area (Å²) in [5.74, 6) is 1.25. The summed E-state index contributed by atoms with van der Waals surface area (Å²) >= 11 is 1.54. The number of hydrogen-bond acceptors (Lipinski definition) is 6. The van der Waals surface area contributed by atoms with E-state index < -0.39 is 4.92 Å². The fourth-order valence-electron chi connectivity index (χ4n) is 1.89. The molecule has 1 aromatic carbocycles. The monoisotopic (exact) mass is 302 g/mol. The summed E-state index contributed by atoms with van der Waals surface area (Å²) in [4.78, 5) is 15.9. The average molecular weight is 302 g/mol. The minimum atomic E-state index is -0.491. The molecule has 1 N–H and O–H groups in total. The van der Waals surface area contributed by atoms with E-state index in [1.54, 1.807) is 6.07 Å². The van der Waals surface area contributed by atoms with E-state index in [9.17, 15) is 10.1 Å². The zero-order valence-corrected chi connectivity index (χ0v) is 11.8. The van der Waals surface area contributed by atoms with Crippen LogP contribution in [-0.2, 0) is 0 Å². The van der Waals surface area contributed by atoms with Crippen molar-refractivity contribution in [3.05, 3.63) is 45.8 Å². The summed E-state index contributed by atoms with van der Waals surface area (Å²) < 4.78 is 4.97. The van der Waals surface area contributed by atoms with Crippen LogP contribution in [0.3, 0.4) is 0 Å². The van der Waals surface area contributed by atoms with Crippen LogP contribution < -0.4 is 4.74 Å². The molecule has 0 spiro atoms. The molecule has 8 heteroatoms. The number of H-pyrrole nitrogens is 1. The molecule has 106 valence electrons. The molecule has 21 heavy (non-hydrogen) atoms. The smallest absolute Gasteiger partial charge is 0.311 e.